The van der Waals surface area contributed by atoms with Gasteiger partial charge in [-0.15, -0.1) is 0 Å². The molecular weight excluding hydrogens is 264 g/mol. The number of nitrogens with one attached hydrogen (secondary N) is 2. The second-order valence-electron chi connectivity index (χ2n) is 4.15. The maximum atomic E-state index is 11.5. The molecule has 0 spiro atoms. The third kappa shape index (κ3) is 5.13. The van der Waals surface area contributed by atoms with E-state index in [4.69, 9.17) is 4.42 Å². The summed E-state index contributed by atoms with van der Waals surface area (Å²) in [5.41, 5.74) is 0. The second kappa shape index (κ2) is 7.98. The van der Waals surface area contributed by atoms with Gasteiger partial charge in [-0.2, -0.15) is 0 Å². The molecule has 0 aliphatic heterocycles. The molecule has 0 saturated carbocycles. The number of amides is 2. The van der Waals surface area contributed by atoms with Crippen LogP contribution in [0.25, 0.3) is 0 Å². The van der Waals surface area contributed by atoms with Gasteiger partial charge in [-0.25, -0.2) is 4.79 Å². The Hall–Kier alpha value is -2.31. The standard InChI is InChI=1S/C13H18N2O5/c1-9(13(18)19-2)15-11(16)6-3-7-14-12(17)10-5-4-8-20-10/h4-5,8-9H,3,6-7H2,1-2H3,(H,14,17)(H,15,16). The zero-order chi connectivity index (χ0) is 15.0. The summed E-state index contributed by atoms with van der Waals surface area (Å²) in [4.78, 5) is 34.1. The number of ether oxygens (including phenoxy) is 1. The average Bonchev–Trinajstić information content (AvgIpc) is 2.96. The number of carbonyl (C=O) groups excluding carboxylic acids is 3. The van der Waals surface area contributed by atoms with E-state index in [-0.39, 0.29) is 24.0 Å². The van der Waals surface area contributed by atoms with Crippen molar-refractivity contribution in [3.8, 4) is 0 Å². The van der Waals surface area contributed by atoms with Gasteiger partial charge in [0.2, 0.25) is 5.91 Å². The monoisotopic (exact) mass is 282 g/mol. The Kier molecular flexibility index (Phi) is 6.28. The van der Waals surface area contributed by atoms with Gasteiger partial charge >= 0.3 is 5.97 Å². The van der Waals surface area contributed by atoms with Crippen LogP contribution in [0.4, 0.5) is 0 Å². The van der Waals surface area contributed by atoms with Crippen LogP contribution < -0.4 is 10.6 Å². The van der Waals surface area contributed by atoms with Crippen molar-refractivity contribution in [2.75, 3.05) is 13.7 Å². The molecule has 1 rings (SSSR count). The summed E-state index contributed by atoms with van der Waals surface area (Å²) >= 11 is 0. The van der Waals surface area contributed by atoms with Crippen LogP contribution in [-0.2, 0) is 14.3 Å². The molecule has 0 bridgehead atoms. The van der Waals surface area contributed by atoms with E-state index >= 15 is 0 Å². The van der Waals surface area contributed by atoms with Crippen LogP contribution in [0.3, 0.4) is 0 Å². The number of furan rings is 1. The first kappa shape index (κ1) is 15.7. The fourth-order valence-electron chi connectivity index (χ4n) is 1.50. The van der Waals surface area contributed by atoms with E-state index in [1.165, 1.54) is 13.4 Å². The summed E-state index contributed by atoms with van der Waals surface area (Å²) < 4.78 is 9.41. The average molecular weight is 282 g/mol. The zero-order valence-corrected chi connectivity index (χ0v) is 11.5. The quantitative estimate of drug-likeness (QED) is 0.559. The third-order valence-corrected chi connectivity index (χ3v) is 2.54. The van der Waals surface area contributed by atoms with Crippen molar-refractivity contribution in [2.24, 2.45) is 0 Å². The first-order valence-corrected chi connectivity index (χ1v) is 6.23. The first-order valence-electron chi connectivity index (χ1n) is 6.23. The summed E-state index contributed by atoms with van der Waals surface area (Å²) in [6.07, 6.45) is 2.09. The van der Waals surface area contributed by atoms with Gasteiger partial charge in [0.15, 0.2) is 5.76 Å². The topological polar surface area (TPSA) is 97.6 Å². The zero-order valence-electron chi connectivity index (χ0n) is 11.5. The van der Waals surface area contributed by atoms with Gasteiger partial charge in [0.05, 0.1) is 13.4 Å². The molecule has 1 heterocycles. The fourth-order valence-corrected chi connectivity index (χ4v) is 1.50. The Bertz CT molecular complexity index is 455. The lowest BCUT2D eigenvalue weighted by atomic mass is 10.2. The van der Waals surface area contributed by atoms with E-state index in [1.807, 2.05) is 0 Å². The molecule has 0 fully saturated rings. The molecule has 2 N–H and O–H groups in total. The molecule has 0 saturated heterocycles. The van der Waals surface area contributed by atoms with Gasteiger partial charge < -0.3 is 19.8 Å². The van der Waals surface area contributed by atoms with Crippen molar-refractivity contribution < 1.29 is 23.5 Å². The molecule has 1 atom stereocenters. The predicted octanol–water partition coefficient (Wildman–Crippen LogP) is 0.467. The first-order chi connectivity index (χ1) is 9.54. The lowest BCUT2D eigenvalue weighted by Crippen LogP contribution is -2.39. The summed E-state index contributed by atoms with van der Waals surface area (Å²) in [5, 5.41) is 5.12. The van der Waals surface area contributed by atoms with Crippen molar-refractivity contribution >= 4 is 17.8 Å². The summed E-state index contributed by atoms with van der Waals surface area (Å²) in [6, 6.07) is 2.50. The molecule has 1 aromatic heterocycles. The highest BCUT2D eigenvalue weighted by Gasteiger charge is 2.15. The fraction of sp³-hybridized carbons (Fsp3) is 0.462. The molecule has 0 radical (unpaired) electrons. The molecule has 110 valence electrons. The molecule has 7 nitrogen and oxygen atoms in total. The van der Waals surface area contributed by atoms with E-state index in [0.717, 1.165) is 0 Å². The van der Waals surface area contributed by atoms with Crippen molar-refractivity contribution in [1.82, 2.24) is 10.6 Å². The molecule has 2 amide bonds. The Morgan fingerprint density at radius 1 is 1.40 bits per heavy atom. The van der Waals surface area contributed by atoms with Gasteiger partial charge in [0.25, 0.3) is 5.91 Å². The third-order valence-electron chi connectivity index (χ3n) is 2.54. The van der Waals surface area contributed by atoms with Crippen molar-refractivity contribution in [3.63, 3.8) is 0 Å². The van der Waals surface area contributed by atoms with Gasteiger partial charge in [0.1, 0.15) is 6.04 Å². The number of hydrogen-bond acceptors (Lipinski definition) is 5. The minimum absolute atomic E-state index is 0.208. The van der Waals surface area contributed by atoms with Crippen LogP contribution in [-0.4, -0.2) is 37.5 Å². The maximum Gasteiger partial charge on any atom is 0.328 e. The number of rotatable bonds is 7. The van der Waals surface area contributed by atoms with Gasteiger partial charge in [-0.1, -0.05) is 0 Å². The van der Waals surface area contributed by atoms with Crippen molar-refractivity contribution in [2.45, 2.75) is 25.8 Å². The van der Waals surface area contributed by atoms with Crippen LogP contribution in [0.15, 0.2) is 22.8 Å². The molecule has 1 aromatic rings. The Morgan fingerprint density at radius 3 is 2.75 bits per heavy atom. The van der Waals surface area contributed by atoms with Crippen LogP contribution in [0.1, 0.15) is 30.3 Å². The number of carbonyl (C=O) groups is 3. The maximum absolute atomic E-state index is 11.5. The molecule has 0 aliphatic rings. The highest BCUT2D eigenvalue weighted by atomic mass is 16.5. The predicted molar refractivity (Wildman–Crippen MR) is 69.9 cm³/mol. The molecular formula is C13H18N2O5. The van der Waals surface area contributed by atoms with Crippen molar-refractivity contribution in [3.05, 3.63) is 24.2 Å². The Morgan fingerprint density at radius 2 is 2.15 bits per heavy atom. The SMILES string of the molecule is COC(=O)C(C)NC(=O)CCCNC(=O)c1ccco1. The summed E-state index contributed by atoms with van der Waals surface area (Å²) in [5.74, 6) is -0.855. The Balaban J connectivity index is 2.16. The lowest BCUT2D eigenvalue weighted by Gasteiger charge is -2.11. The second-order valence-corrected chi connectivity index (χ2v) is 4.15. The van der Waals surface area contributed by atoms with Crippen LogP contribution in [0.2, 0.25) is 0 Å². The van der Waals surface area contributed by atoms with Crippen molar-refractivity contribution in [1.29, 1.82) is 0 Å². The summed E-state index contributed by atoms with van der Waals surface area (Å²) in [7, 11) is 1.26. The number of hydrogen-bond donors (Lipinski definition) is 2. The largest absolute Gasteiger partial charge is 0.467 e. The summed E-state index contributed by atoms with van der Waals surface area (Å²) in [6.45, 7) is 1.89. The van der Waals surface area contributed by atoms with E-state index in [2.05, 4.69) is 15.4 Å². The minimum atomic E-state index is -0.676. The molecule has 20 heavy (non-hydrogen) atoms. The van der Waals surface area contributed by atoms with E-state index < -0.39 is 12.0 Å². The molecule has 0 aromatic carbocycles. The van der Waals surface area contributed by atoms with E-state index in [1.54, 1.807) is 19.1 Å². The highest BCUT2D eigenvalue weighted by molar-refractivity contribution is 5.91. The van der Waals surface area contributed by atoms with Crippen LogP contribution in [0.5, 0.6) is 0 Å². The lowest BCUT2D eigenvalue weighted by molar-refractivity contribution is -0.144. The highest BCUT2D eigenvalue weighted by Crippen LogP contribution is 1.99. The number of esters is 1. The van der Waals surface area contributed by atoms with Crippen LogP contribution >= 0.6 is 0 Å². The van der Waals surface area contributed by atoms with Crippen LogP contribution in [0, 0.1) is 0 Å². The van der Waals surface area contributed by atoms with Gasteiger partial charge in [0, 0.05) is 13.0 Å². The normalized spacial score (nSPS) is 11.5. The smallest absolute Gasteiger partial charge is 0.328 e. The van der Waals surface area contributed by atoms with Gasteiger partial charge in [-0.05, 0) is 25.5 Å². The molecule has 7 heteroatoms. The van der Waals surface area contributed by atoms with Gasteiger partial charge in [-0.3, -0.25) is 9.59 Å². The molecule has 1 unspecified atom stereocenters. The van der Waals surface area contributed by atoms with E-state index in [0.29, 0.717) is 13.0 Å². The molecule has 0 aliphatic carbocycles. The Labute approximate surface area is 116 Å². The van der Waals surface area contributed by atoms with E-state index in [9.17, 15) is 14.4 Å². The number of methoxy groups -OCH3 is 1. The minimum Gasteiger partial charge on any atom is -0.467 e.